The van der Waals surface area contributed by atoms with Gasteiger partial charge in [0.1, 0.15) is 11.6 Å². The summed E-state index contributed by atoms with van der Waals surface area (Å²) in [5, 5.41) is 2.71. The van der Waals surface area contributed by atoms with Crippen molar-refractivity contribution in [1.29, 1.82) is 0 Å². The van der Waals surface area contributed by atoms with Gasteiger partial charge in [-0.05, 0) is 78.6 Å². The topological polar surface area (TPSA) is 84.5 Å². The van der Waals surface area contributed by atoms with Gasteiger partial charge in [0, 0.05) is 11.4 Å². The third-order valence-corrected chi connectivity index (χ3v) is 6.33. The highest BCUT2D eigenvalue weighted by atomic mass is 32.2. The Morgan fingerprint density at radius 1 is 0.879 bits per heavy atom. The predicted octanol–water partition coefficient (Wildman–Crippen LogP) is 5.33. The Hall–Kier alpha value is -3.39. The first-order chi connectivity index (χ1) is 15.4. The first-order valence-corrected chi connectivity index (χ1v) is 11.9. The van der Waals surface area contributed by atoms with Crippen LogP contribution in [0.1, 0.15) is 33.3 Å². The molecule has 1 atom stereocenters. The lowest BCUT2D eigenvalue weighted by Crippen LogP contribution is -2.30. The lowest BCUT2D eigenvalue weighted by molar-refractivity contribution is -0.122. The van der Waals surface area contributed by atoms with E-state index in [4.69, 9.17) is 4.74 Å². The number of hydrogen-bond acceptors (Lipinski definition) is 4. The zero-order valence-electron chi connectivity index (χ0n) is 18.9. The smallest absolute Gasteiger partial charge is 0.265 e. The molecule has 3 rings (SSSR count). The highest BCUT2D eigenvalue weighted by Gasteiger charge is 2.18. The minimum absolute atomic E-state index is 0.00746. The van der Waals surface area contributed by atoms with Crippen LogP contribution in [0.3, 0.4) is 0 Å². The van der Waals surface area contributed by atoms with E-state index in [9.17, 15) is 17.6 Å². The van der Waals surface area contributed by atoms with E-state index in [1.807, 2.05) is 24.3 Å². The van der Waals surface area contributed by atoms with E-state index in [1.165, 1.54) is 48.5 Å². The molecular formula is C25H27FN2O4S. The second-order valence-corrected chi connectivity index (χ2v) is 10.3. The monoisotopic (exact) mass is 470 g/mol. The zero-order valence-corrected chi connectivity index (χ0v) is 19.7. The van der Waals surface area contributed by atoms with Crippen LogP contribution >= 0.6 is 0 Å². The molecule has 0 aliphatic carbocycles. The van der Waals surface area contributed by atoms with E-state index in [0.29, 0.717) is 11.4 Å². The minimum Gasteiger partial charge on any atom is -0.481 e. The summed E-state index contributed by atoms with van der Waals surface area (Å²) >= 11 is 0. The Morgan fingerprint density at radius 2 is 1.42 bits per heavy atom. The van der Waals surface area contributed by atoms with E-state index in [2.05, 4.69) is 30.8 Å². The fourth-order valence-electron chi connectivity index (χ4n) is 2.98. The molecule has 8 heteroatoms. The molecule has 174 valence electrons. The van der Waals surface area contributed by atoms with Crippen molar-refractivity contribution >= 4 is 27.3 Å². The number of halogens is 1. The number of anilines is 2. The van der Waals surface area contributed by atoms with Crippen molar-refractivity contribution in [1.82, 2.24) is 0 Å². The summed E-state index contributed by atoms with van der Waals surface area (Å²) in [5.41, 5.74) is 1.86. The Morgan fingerprint density at radius 3 is 1.97 bits per heavy atom. The van der Waals surface area contributed by atoms with Gasteiger partial charge in [-0.2, -0.15) is 0 Å². The third-order valence-electron chi connectivity index (χ3n) is 4.93. The van der Waals surface area contributed by atoms with Crippen LogP contribution in [0.25, 0.3) is 0 Å². The molecule has 1 amide bonds. The number of ether oxygens (including phenoxy) is 1. The lowest BCUT2D eigenvalue weighted by Gasteiger charge is -2.20. The van der Waals surface area contributed by atoms with Crippen LogP contribution in [0.2, 0.25) is 0 Å². The van der Waals surface area contributed by atoms with Gasteiger partial charge in [-0.1, -0.05) is 32.9 Å². The van der Waals surface area contributed by atoms with Crippen molar-refractivity contribution in [2.75, 3.05) is 10.0 Å². The number of hydrogen-bond donors (Lipinski definition) is 2. The van der Waals surface area contributed by atoms with Crippen LogP contribution in [0, 0.1) is 5.82 Å². The number of amides is 1. The SMILES string of the molecule is CC(Oc1ccc(C(C)(C)C)cc1)C(=O)Nc1ccc(S(=O)(=O)Nc2ccc(F)cc2)cc1. The fraction of sp³-hybridized carbons (Fsp3) is 0.240. The minimum atomic E-state index is -3.85. The second kappa shape index (κ2) is 9.62. The van der Waals surface area contributed by atoms with Gasteiger partial charge in [0.15, 0.2) is 6.10 Å². The molecule has 0 heterocycles. The van der Waals surface area contributed by atoms with Gasteiger partial charge in [-0.3, -0.25) is 9.52 Å². The molecule has 6 nitrogen and oxygen atoms in total. The Labute approximate surface area is 193 Å². The average molecular weight is 471 g/mol. The Bertz CT molecular complexity index is 1200. The number of carbonyl (C=O) groups is 1. The molecule has 0 saturated heterocycles. The van der Waals surface area contributed by atoms with Crippen LogP contribution in [0.15, 0.2) is 77.7 Å². The van der Waals surface area contributed by atoms with Crippen molar-refractivity contribution in [3.05, 3.63) is 84.2 Å². The molecule has 33 heavy (non-hydrogen) atoms. The van der Waals surface area contributed by atoms with Gasteiger partial charge in [0.25, 0.3) is 15.9 Å². The van der Waals surface area contributed by atoms with Gasteiger partial charge < -0.3 is 10.1 Å². The first kappa shape index (κ1) is 24.3. The molecule has 0 bridgehead atoms. The second-order valence-electron chi connectivity index (χ2n) is 8.66. The molecular weight excluding hydrogens is 443 g/mol. The maximum atomic E-state index is 13.0. The van der Waals surface area contributed by atoms with E-state index < -0.39 is 21.9 Å². The molecule has 0 aliphatic heterocycles. The molecule has 0 aromatic heterocycles. The molecule has 1 unspecified atom stereocenters. The first-order valence-electron chi connectivity index (χ1n) is 10.4. The van der Waals surface area contributed by atoms with Crippen molar-refractivity contribution < 1.29 is 22.3 Å². The van der Waals surface area contributed by atoms with Gasteiger partial charge in [-0.25, -0.2) is 12.8 Å². The number of nitrogens with one attached hydrogen (secondary N) is 2. The maximum absolute atomic E-state index is 13.0. The van der Waals surface area contributed by atoms with Crippen molar-refractivity contribution in [3.63, 3.8) is 0 Å². The van der Waals surface area contributed by atoms with E-state index in [1.54, 1.807) is 6.92 Å². The summed E-state index contributed by atoms with van der Waals surface area (Å²) in [7, 11) is -3.85. The Balaban J connectivity index is 1.60. The number of sulfonamides is 1. The van der Waals surface area contributed by atoms with E-state index >= 15 is 0 Å². The lowest BCUT2D eigenvalue weighted by atomic mass is 9.87. The molecule has 0 radical (unpaired) electrons. The molecule has 2 N–H and O–H groups in total. The summed E-state index contributed by atoms with van der Waals surface area (Å²) in [6, 6.07) is 18.3. The van der Waals surface area contributed by atoms with Crippen LogP contribution in [-0.2, 0) is 20.2 Å². The molecule has 0 fully saturated rings. The number of benzene rings is 3. The van der Waals surface area contributed by atoms with Gasteiger partial charge in [-0.15, -0.1) is 0 Å². The zero-order chi connectivity index (χ0) is 24.2. The highest BCUT2D eigenvalue weighted by molar-refractivity contribution is 7.92. The normalized spacial score (nSPS) is 12.6. The quantitative estimate of drug-likeness (QED) is 0.489. The van der Waals surface area contributed by atoms with Gasteiger partial charge in [0.2, 0.25) is 0 Å². The third kappa shape index (κ3) is 6.55. The molecule has 3 aromatic carbocycles. The molecule has 0 spiro atoms. The molecule has 0 saturated carbocycles. The van der Waals surface area contributed by atoms with Crippen LogP contribution in [0.5, 0.6) is 5.75 Å². The summed E-state index contributed by atoms with van der Waals surface area (Å²) in [4.78, 5) is 12.5. The summed E-state index contributed by atoms with van der Waals surface area (Å²) in [6.45, 7) is 8.00. The maximum Gasteiger partial charge on any atom is 0.265 e. The highest BCUT2D eigenvalue weighted by Crippen LogP contribution is 2.25. The Kier molecular flexibility index (Phi) is 7.07. The van der Waals surface area contributed by atoms with E-state index in [-0.39, 0.29) is 21.9 Å². The summed E-state index contributed by atoms with van der Waals surface area (Å²) in [6.07, 6.45) is -0.756. The molecule has 3 aromatic rings. The molecule has 0 aliphatic rings. The number of carbonyl (C=O) groups excluding carboxylic acids is 1. The standard InChI is InChI=1S/C25H27FN2O4S/c1-17(32-22-13-5-18(6-14-22)25(2,3)4)24(29)27-20-11-15-23(16-12-20)33(30,31)28-21-9-7-19(26)8-10-21/h5-17,28H,1-4H3,(H,27,29). The van der Waals surface area contributed by atoms with Gasteiger partial charge >= 0.3 is 0 Å². The largest absolute Gasteiger partial charge is 0.481 e. The summed E-state index contributed by atoms with van der Waals surface area (Å²) in [5.74, 6) is -0.243. The van der Waals surface area contributed by atoms with Crippen molar-refractivity contribution in [3.8, 4) is 5.75 Å². The summed E-state index contributed by atoms with van der Waals surface area (Å²) < 4.78 is 46.1. The van der Waals surface area contributed by atoms with Gasteiger partial charge in [0.05, 0.1) is 4.90 Å². The fourth-order valence-corrected chi connectivity index (χ4v) is 4.04. The number of rotatable bonds is 7. The van der Waals surface area contributed by atoms with Crippen LogP contribution < -0.4 is 14.8 Å². The average Bonchev–Trinajstić information content (AvgIpc) is 2.75. The van der Waals surface area contributed by atoms with Crippen LogP contribution in [0.4, 0.5) is 15.8 Å². The van der Waals surface area contributed by atoms with Crippen LogP contribution in [-0.4, -0.2) is 20.4 Å². The predicted molar refractivity (Wildman–Crippen MR) is 128 cm³/mol. The van der Waals surface area contributed by atoms with E-state index in [0.717, 1.165) is 5.56 Å². The van der Waals surface area contributed by atoms with Crippen molar-refractivity contribution in [2.45, 2.75) is 44.1 Å². The van der Waals surface area contributed by atoms with Crippen molar-refractivity contribution in [2.24, 2.45) is 0 Å².